The third kappa shape index (κ3) is 5.13. The van der Waals surface area contributed by atoms with Crippen LogP contribution >= 0.6 is 0 Å². The number of aliphatic hydroxyl groups is 1. The first-order valence-corrected chi connectivity index (χ1v) is 13.5. The summed E-state index contributed by atoms with van der Waals surface area (Å²) >= 11 is 0. The minimum absolute atomic E-state index is 0.0833. The fourth-order valence-corrected chi connectivity index (χ4v) is 5.32. The maximum Gasteiger partial charge on any atom is 0.494 e. The van der Waals surface area contributed by atoms with Gasteiger partial charge in [0.1, 0.15) is 11.7 Å². The van der Waals surface area contributed by atoms with Crippen LogP contribution < -0.4 is 10.4 Å². The number of piperazine rings is 1. The van der Waals surface area contributed by atoms with Crippen molar-refractivity contribution in [2.24, 2.45) is 0 Å². The van der Waals surface area contributed by atoms with E-state index >= 15 is 0 Å². The van der Waals surface area contributed by atoms with Crippen LogP contribution in [0.4, 0.5) is 10.7 Å². The van der Waals surface area contributed by atoms with Crippen molar-refractivity contribution in [3.05, 3.63) is 47.8 Å². The molecule has 0 aliphatic carbocycles. The number of carbonyl (C=O) groups excluding carboxylic acids is 1. The Labute approximate surface area is 225 Å². The van der Waals surface area contributed by atoms with Crippen LogP contribution in [0.15, 0.2) is 36.7 Å². The number of anilines is 1. The van der Waals surface area contributed by atoms with Crippen LogP contribution in [0.5, 0.6) is 0 Å². The summed E-state index contributed by atoms with van der Waals surface area (Å²) in [6.45, 7) is 15.1. The van der Waals surface area contributed by atoms with Crippen LogP contribution in [0.2, 0.25) is 0 Å². The van der Waals surface area contributed by atoms with Gasteiger partial charge in [0.15, 0.2) is 0 Å². The van der Waals surface area contributed by atoms with E-state index in [0.717, 1.165) is 23.9 Å². The number of hydrogen-bond acceptors (Lipinski definition) is 8. The van der Waals surface area contributed by atoms with Crippen LogP contribution in [-0.2, 0) is 14.0 Å². The third-order valence-electron chi connectivity index (χ3n) is 8.12. The van der Waals surface area contributed by atoms with Gasteiger partial charge < -0.3 is 24.1 Å². The van der Waals surface area contributed by atoms with E-state index in [9.17, 15) is 9.90 Å². The fourth-order valence-electron chi connectivity index (χ4n) is 5.32. The van der Waals surface area contributed by atoms with Crippen molar-refractivity contribution >= 4 is 24.6 Å². The highest BCUT2D eigenvalue weighted by Crippen LogP contribution is 2.37. The largest absolute Gasteiger partial charge is 0.494 e. The molecule has 10 heteroatoms. The maximum absolute atomic E-state index is 12.7. The predicted molar refractivity (Wildman–Crippen MR) is 145 cm³/mol. The third-order valence-corrected chi connectivity index (χ3v) is 8.12. The SMILES string of the molecule is CC(C)(C)OC(=O)N1C2CCC1CN(c1ncc(C(O)c3ccc(B4OC(C)(C)C(C)(C)O4)cc3)cn1)C2. The second-order valence-electron chi connectivity index (χ2n) is 12.7. The Hall–Kier alpha value is -2.69. The Balaban J connectivity index is 1.22. The second kappa shape index (κ2) is 9.50. The van der Waals surface area contributed by atoms with E-state index in [1.165, 1.54) is 0 Å². The molecule has 3 saturated heterocycles. The standard InChI is InChI=1S/C28H39BN4O5/c1-26(2,3)36-25(35)33-21-12-13-22(33)17-32(16-21)24-30-14-19(15-31-24)23(34)18-8-10-20(11-9-18)29-37-27(4,5)28(6,7)38-29/h8-11,14-15,21-23,34H,12-13,16-17H2,1-7H3. The van der Waals surface area contributed by atoms with Gasteiger partial charge in [0.05, 0.1) is 23.3 Å². The maximum atomic E-state index is 12.7. The van der Waals surface area contributed by atoms with Crippen molar-refractivity contribution in [2.45, 2.75) is 96.3 Å². The zero-order chi connectivity index (χ0) is 27.5. The lowest BCUT2D eigenvalue weighted by atomic mass is 9.78. The Kier molecular flexibility index (Phi) is 6.73. The summed E-state index contributed by atoms with van der Waals surface area (Å²) in [5, 5.41) is 11.0. The van der Waals surface area contributed by atoms with E-state index in [2.05, 4.69) is 14.9 Å². The van der Waals surface area contributed by atoms with Gasteiger partial charge in [0, 0.05) is 31.0 Å². The molecule has 1 aromatic heterocycles. The van der Waals surface area contributed by atoms with Crippen LogP contribution in [0, 0.1) is 0 Å². The number of benzene rings is 1. The number of ether oxygens (including phenoxy) is 1. The molecule has 0 spiro atoms. The molecule has 3 aliphatic heterocycles. The van der Waals surface area contributed by atoms with Crippen molar-refractivity contribution in [2.75, 3.05) is 18.0 Å². The van der Waals surface area contributed by atoms with Crippen molar-refractivity contribution < 1.29 is 23.9 Å². The lowest BCUT2D eigenvalue weighted by molar-refractivity contribution is 0.00578. The minimum Gasteiger partial charge on any atom is -0.444 e. The molecule has 1 amide bonds. The first-order chi connectivity index (χ1) is 17.7. The summed E-state index contributed by atoms with van der Waals surface area (Å²) in [6.07, 6.45) is 4.15. The number of aliphatic hydroxyl groups excluding tert-OH is 1. The van der Waals surface area contributed by atoms with E-state index in [1.807, 2.05) is 77.6 Å². The molecule has 5 rings (SSSR count). The lowest BCUT2D eigenvalue weighted by Crippen LogP contribution is -2.57. The van der Waals surface area contributed by atoms with Crippen LogP contribution in [0.25, 0.3) is 0 Å². The van der Waals surface area contributed by atoms with Crippen LogP contribution in [-0.4, -0.2) is 75.2 Å². The highest BCUT2D eigenvalue weighted by atomic mass is 16.7. The Morgan fingerprint density at radius 3 is 2.03 bits per heavy atom. The number of nitrogens with zero attached hydrogens (tertiary/aromatic N) is 4. The summed E-state index contributed by atoms with van der Waals surface area (Å²) in [4.78, 5) is 25.9. The molecule has 1 aromatic carbocycles. The monoisotopic (exact) mass is 522 g/mol. The van der Waals surface area contributed by atoms with E-state index in [-0.39, 0.29) is 18.2 Å². The van der Waals surface area contributed by atoms with Gasteiger partial charge in [-0.15, -0.1) is 0 Å². The molecule has 9 nitrogen and oxygen atoms in total. The number of hydrogen-bond donors (Lipinski definition) is 1. The number of aromatic nitrogens is 2. The summed E-state index contributed by atoms with van der Waals surface area (Å²) in [7, 11) is -0.445. The van der Waals surface area contributed by atoms with Crippen molar-refractivity contribution in [3.63, 3.8) is 0 Å². The molecule has 38 heavy (non-hydrogen) atoms. The summed E-state index contributed by atoms with van der Waals surface area (Å²) in [5.41, 5.74) is 0.942. The highest BCUT2D eigenvalue weighted by molar-refractivity contribution is 6.62. The summed E-state index contributed by atoms with van der Waals surface area (Å²) in [5.74, 6) is 0.609. The molecule has 3 fully saturated rings. The zero-order valence-electron chi connectivity index (χ0n) is 23.5. The number of fused-ring (bicyclic) bond motifs is 2. The van der Waals surface area contributed by atoms with Crippen LogP contribution in [0.1, 0.15) is 78.5 Å². The second-order valence-corrected chi connectivity index (χ2v) is 12.7. The number of rotatable bonds is 4. The highest BCUT2D eigenvalue weighted by Gasteiger charge is 2.51. The van der Waals surface area contributed by atoms with Crippen molar-refractivity contribution in [3.8, 4) is 0 Å². The van der Waals surface area contributed by atoms with Gasteiger partial charge >= 0.3 is 13.2 Å². The normalized spacial score (nSPS) is 25.0. The molecule has 3 aliphatic rings. The Morgan fingerprint density at radius 2 is 1.53 bits per heavy atom. The molecule has 204 valence electrons. The van der Waals surface area contributed by atoms with Crippen LogP contribution in [0.3, 0.4) is 0 Å². The van der Waals surface area contributed by atoms with E-state index in [1.54, 1.807) is 12.4 Å². The van der Waals surface area contributed by atoms with Gasteiger partial charge in [-0.05, 0) is 72.3 Å². The van der Waals surface area contributed by atoms with Gasteiger partial charge in [-0.2, -0.15) is 0 Å². The average Bonchev–Trinajstić information content (AvgIpc) is 3.24. The average molecular weight is 522 g/mol. The Morgan fingerprint density at radius 1 is 1.00 bits per heavy atom. The number of amides is 1. The van der Waals surface area contributed by atoms with Gasteiger partial charge in [-0.1, -0.05) is 24.3 Å². The molecular formula is C28H39BN4O5. The van der Waals surface area contributed by atoms with E-state index < -0.39 is 30.0 Å². The zero-order valence-corrected chi connectivity index (χ0v) is 23.5. The summed E-state index contributed by atoms with van der Waals surface area (Å²) < 4.78 is 17.9. The molecule has 0 saturated carbocycles. The smallest absolute Gasteiger partial charge is 0.444 e. The van der Waals surface area contributed by atoms with Gasteiger partial charge in [0.25, 0.3) is 0 Å². The van der Waals surface area contributed by atoms with Crippen molar-refractivity contribution in [1.29, 1.82) is 0 Å². The lowest BCUT2D eigenvalue weighted by Gasteiger charge is -2.41. The predicted octanol–water partition coefficient (Wildman–Crippen LogP) is 3.45. The van der Waals surface area contributed by atoms with Gasteiger partial charge in [0.2, 0.25) is 5.95 Å². The van der Waals surface area contributed by atoms with E-state index in [0.29, 0.717) is 24.6 Å². The first kappa shape index (κ1) is 26.9. The quantitative estimate of drug-likeness (QED) is 0.611. The number of carbonyl (C=O) groups is 1. The molecule has 4 heterocycles. The van der Waals surface area contributed by atoms with Gasteiger partial charge in [-0.3, -0.25) is 4.90 Å². The minimum atomic E-state index is -0.850. The molecule has 3 atom stereocenters. The summed E-state index contributed by atoms with van der Waals surface area (Å²) in [6, 6.07) is 7.78. The topological polar surface area (TPSA) is 97.3 Å². The Bertz CT molecular complexity index is 1140. The molecule has 2 aromatic rings. The van der Waals surface area contributed by atoms with Crippen molar-refractivity contribution in [1.82, 2.24) is 14.9 Å². The molecular weight excluding hydrogens is 483 g/mol. The molecule has 2 bridgehead atoms. The van der Waals surface area contributed by atoms with Gasteiger partial charge in [-0.25, -0.2) is 14.8 Å². The molecule has 1 N–H and O–H groups in total. The molecule has 3 unspecified atom stereocenters. The van der Waals surface area contributed by atoms with E-state index in [4.69, 9.17) is 14.0 Å². The molecule has 0 radical (unpaired) electrons. The first-order valence-electron chi connectivity index (χ1n) is 13.5. The fraction of sp³-hybridized carbons (Fsp3) is 0.607.